The first-order chi connectivity index (χ1) is 9.72. The summed E-state index contributed by atoms with van der Waals surface area (Å²) in [6.45, 7) is 2.13. The molecule has 0 fully saturated rings. The zero-order chi connectivity index (χ0) is 14.4. The number of benzene rings is 2. The van der Waals surface area contributed by atoms with Crippen molar-refractivity contribution in [2.45, 2.75) is 6.92 Å². The normalized spacial score (nSPS) is 11.2. The first-order valence-electron chi connectivity index (χ1n) is 6.41. The van der Waals surface area contributed by atoms with Crippen LogP contribution < -0.4 is 0 Å². The molecule has 2 aromatic carbocycles. The van der Waals surface area contributed by atoms with E-state index in [1.807, 2.05) is 48.5 Å². The smallest absolute Gasteiger partial charge is 0.338 e. The van der Waals surface area contributed by atoms with E-state index in [-0.39, 0.29) is 5.97 Å². The van der Waals surface area contributed by atoms with Gasteiger partial charge in [-0.3, -0.25) is 0 Å². The van der Waals surface area contributed by atoms with Crippen molar-refractivity contribution in [1.82, 2.24) is 0 Å². The average Bonchev–Trinajstić information content (AvgIpc) is 2.47. The Morgan fingerprint density at radius 2 is 1.75 bits per heavy atom. The van der Waals surface area contributed by atoms with Gasteiger partial charge in [0.2, 0.25) is 0 Å². The van der Waals surface area contributed by atoms with Crippen molar-refractivity contribution >= 4 is 29.2 Å². The van der Waals surface area contributed by atoms with Gasteiger partial charge in [0.1, 0.15) is 0 Å². The van der Waals surface area contributed by atoms with Gasteiger partial charge in [0.15, 0.2) is 0 Å². The van der Waals surface area contributed by atoms with Crippen molar-refractivity contribution in [1.29, 1.82) is 0 Å². The Labute approximate surface area is 123 Å². The van der Waals surface area contributed by atoms with Crippen molar-refractivity contribution in [3.05, 3.63) is 70.7 Å². The van der Waals surface area contributed by atoms with Gasteiger partial charge in [0.25, 0.3) is 0 Å². The van der Waals surface area contributed by atoms with Crippen molar-refractivity contribution in [3.63, 3.8) is 0 Å². The Bertz CT molecular complexity index is 618. The topological polar surface area (TPSA) is 26.3 Å². The monoisotopic (exact) mass is 286 g/mol. The molecule has 0 aromatic heterocycles. The summed E-state index contributed by atoms with van der Waals surface area (Å²) in [7, 11) is 0. The molecule has 0 radical (unpaired) electrons. The van der Waals surface area contributed by atoms with Crippen molar-refractivity contribution < 1.29 is 9.53 Å². The second-order valence-electron chi connectivity index (χ2n) is 4.17. The van der Waals surface area contributed by atoms with Gasteiger partial charge in [-0.15, -0.1) is 0 Å². The number of carbonyl (C=O) groups excluding carboxylic acids is 1. The molecule has 0 heterocycles. The molecule has 0 aliphatic carbocycles. The first kappa shape index (κ1) is 14.4. The van der Waals surface area contributed by atoms with Crippen molar-refractivity contribution in [2.24, 2.45) is 0 Å². The highest BCUT2D eigenvalue weighted by atomic mass is 35.5. The molecule has 2 rings (SSSR count). The largest absolute Gasteiger partial charge is 0.462 e. The fourth-order valence-electron chi connectivity index (χ4n) is 1.83. The van der Waals surface area contributed by atoms with Crippen LogP contribution in [0.25, 0.3) is 11.6 Å². The molecule has 2 aromatic rings. The van der Waals surface area contributed by atoms with Gasteiger partial charge >= 0.3 is 5.97 Å². The highest BCUT2D eigenvalue weighted by Crippen LogP contribution is 2.24. The zero-order valence-corrected chi connectivity index (χ0v) is 11.9. The Morgan fingerprint density at radius 1 is 1.10 bits per heavy atom. The average molecular weight is 287 g/mol. The highest BCUT2D eigenvalue weighted by molar-refractivity contribution is 6.33. The van der Waals surface area contributed by atoms with Crippen molar-refractivity contribution in [3.8, 4) is 0 Å². The maximum atomic E-state index is 12.1. The lowest BCUT2D eigenvalue weighted by molar-refractivity contribution is -0.136. The highest BCUT2D eigenvalue weighted by Gasteiger charge is 2.13. The fraction of sp³-hybridized carbons (Fsp3) is 0.118. The Morgan fingerprint density at radius 3 is 2.40 bits per heavy atom. The lowest BCUT2D eigenvalue weighted by Gasteiger charge is -2.08. The van der Waals surface area contributed by atoms with Gasteiger partial charge in [0.05, 0.1) is 12.2 Å². The minimum Gasteiger partial charge on any atom is -0.462 e. The predicted molar refractivity (Wildman–Crippen MR) is 82.4 cm³/mol. The van der Waals surface area contributed by atoms with Gasteiger partial charge < -0.3 is 4.74 Å². The summed E-state index contributed by atoms with van der Waals surface area (Å²) < 4.78 is 5.12. The molecule has 20 heavy (non-hydrogen) atoms. The van der Waals surface area contributed by atoms with E-state index in [1.54, 1.807) is 19.1 Å². The molecule has 0 bridgehead atoms. The van der Waals surface area contributed by atoms with Gasteiger partial charge in [0, 0.05) is 5.02 Å². The van der Waals surface area contributed by atoms with E-state index in [4.69, 9.17) is 16.3 Å². The number of ether oxygens (including phenoxy) is 1. The molecule has 0 saturated heterocycles. The van der Waals surface area contributed by atoms with E-state index in [0.29, 0.717) is 17.2 Å². The molecular weight excluding hydrogens is 272 g/mol. The van der Waals surface area contributed by atoms with E-state index in [0.717, 1.165) is 11.1 Å². The standard InChI is InChI=1S/C17H15ClO2/c1-2-20-17(19)15(13-8-4-3-5-9-13)12-14-10-6-7-11-16(14)18/h3-12H,2H2,1H3/b15-12+. The summed E-state index contributed by atoms with van der Waals surface area (Å²) in [5.74, 6) is -0.349. The first-order valence-corrected chi connectivity index (χ1v) is 6.79. The van der Waals surface area contributed by atoms with Crippen LogP contribution in [0.15, 0.2) is 54.6 Å². The molecule has 0 atom stereocenters. The van der Waals surface area contributed by atoms with Crippen LogP contribution in [0.4, 0.5) is 0 Å². The number of esters is 1. The van der Waals surface area contributed by atoms with E-state index >= 15 is 0 Å². The van der Waals surface area contributed by atoms with Crippen LogP contribution in [0.3, 0.4) is 0 Å². The number of halogens is 1. The van der Waals surface area contributed by atoms with Crippen LogP contribution in [0, 0.1) is 0 Å². The van der Waals surface area contributed by atoms with Crippen LogP contribution >= 0.6 is 11.6 Å². The summed E-state index contributed by atoms with van der Waals surface area (Å²) in [5, 5.41) is 0.602. The number of hydrogen-bond donors (Lipinski definition) is 0. The lowest BCUT2D eigenvalue weighted by atomic mass is 10.0. The van der Waals surface area contributed by atoms with Gasteiger partial charge in [-0.1, -0.05) is 60.1 Å². The van der Waals surface area contributed by atoms with E-state index in [1.165, 1.54) is 0 Å². The minimum absolute atomic E-state index is 0.339. The number of rotatable bonds is 4. The zero-order valence-electron chi connectivity index (χ0n) is 11.2. The number of hydrogen-bond acceptors (Lipinski definition) is 2. The van der Waals surface area contributed by atoms with E-state index in [2.05, 4.69) is 0 Å². The van der Waals surface area contributed by atoms with Crippen LogP contribution in [0.1, 0.15) is 18.1 Å². The van der Waals surface area contributed by atoms with E-state index in [9.17, 15) is 4.79 Å². The summed E-state index contributed by atoms with van der Waals surface area (Å²) in [4.78, 5) is 12.1. The minimum atomic E-state index is -0.349. The maximum absolute atomic E-state index is 12.1. The Kier molecular flexibility index (Phi) is 4.97. The third-order valence-corrected chi connectivity index (χ3v) is 3.13. The quantitative estimate of drug-likeness (QED) is 0.472. The Balaban J connectivity index is 2.47. The Hall–Kier alpha value is -2.06. The predicted octanol–water partition coefficient (Wildman–Crippen LogP) is 4.44. The second-order valence-corrected chi connectivity index (χ2v) is 4.57. The van der Waals surface area contributed by atoms with Crippen molar-refractivity contribution in [2.75, 3.05) is 6.61 Å². The van der Waals surface area contributed by atoms with Gasteiger partial charge in [-0.05, 0) is 30.2 Å². The molecule has 0 spiro atoms. The molecule has 0 unspecified atom stereocenters. The molecule has 2 nitrogen and oxygen atoms in total. The summed E-state index contributed by atoms with van der Waals surface area (Å²) in [5.41, 5.74) is 2.10. The molecule has 102 valence electrons. The molecule has 0 N–H and O–H groups in total. The second kappa shape index (κ2) is 6.92. The van der Waals surface area contributed by atoms with Crippen LogP contribution in [0.2, 0.25) is 5.02 Å². The molecule has 3 heteroatoms. The molecule has 0 saturated carbocycles. The van der Waals surface area contributed by atoms with Crippen LogP contribution in [0.5, 0.6) is 0 Å². The molecule has 0 aliphatic heterocycles. The molecular formula is C17H15ClO2. The van der Waals surface area contributed by atoms with Crippen LogP contribution in [-0.4, -0.2) is 12.6 Å². The lowest BCUT2D eigenvalue weighted by Crippen LogP contribution is -2.06. The summed E-state index contributed by atoms with van der Waals surface area (Å²) >= 11 is 6.14. The summed E-state index contributed by atoms with van der Waals surface area (Å²) in [6, 6.07) is 16.8. The number of carbonyl (C=O) groups is 1. The third-order valence-electron chi connectivity index (χ3n) is 2.79. The van der Waals surface area contributed by atoms with Gasteiger partial charge in [-0.25, -0.2) is 4.79 Å². The SMILES string of the molecule is CCOC(=O)/C(=C/c1ccccc1Cl)c1ccccc1. The molecule has 0 aliphatic rings. The maximum Gasteiger partial charge on any atom is 0.338 e. The third kappa shape index (κ3) is 3.49. The van der Waals surface area contributed by atoms with Gasteiger partial charge in [-0.2, -0.15) is 0 Å². The van der Waals surface area contributed by atoms with E-state index < -0.39 is 0 Å². The van der Waals surface area contributed by atoms with Crippen LogP contribution in [-0.2, 0) is 9.53 Å². The fourth-order valence-corrected chi connectivity index (χ4v) is 2.02. The summed E-state index contributed by atoms with van der Waals surface area (Å²) in [6.07, 6.45) is 1.76. The molecule has 0 amide bonds.